The van der Waals surface area contributed by atoms with Gasteiger partial charge in [-0.05, 0) is 30.5 Å². The molecule has 1 amide bonds. The van der Waals surface area contributed by atoms with Crippen LogP contribution in [0.25, 0.3) is 0 Å². The predicted molar refractivity (Wildman–Crippen MR) is 89.4 cm³/mol. The van der Waals surface area contributed by atoms with Crippen molar-refractivity contribution in [2.24, 2.45) is 0 Å². The van der Waals surface area contributed by atoms with Gasteiger partial charge in [0, 0.05) is 18.5 Å². The van der Waals surface area contributed by atoms with Crippen LogP contribution in [0.15, 0.2) is 24.3 Å². The Morgan fingerprint density at radius 2 is 2.00 bits per heavy atom. The second-order valence-corrected chi connectivity index (χ2v) is 6.29. The first-order valence-corrected chi connectivity index (χ1v) is 8.05. The molecule has 6 heteroatoms. The van der Waals surface area contributed by atoms with Crippen LogP contribution in [-0.2, 0) is 14.9 Å². The lowest BCUT2D eigenvalue weighted by Crippen LogP contribution is -2.53. The number of morpholine rings is 1. The molecule has 1 aromatic carbocycles. The number of nitrogens with one attached hydrogen (secondary N) is 2. The number of halogens is 2. The molecule has 1 saturated carbocycles. The maximum Gasteiger partial charge on any atom is 0.239 e. The second kappa shape index (κ2) is 8.08. The van der Waals surface area contributed by atoms with Crippen LogP contribution in [0.3, 0.4) is 0 Å². The molecule has 1 aliphatic carbocycles. The molecule has 2 N–H and O–H groups in total. The highest BCUT2D eigenvalue weighted by atomic mass is 35.5. The van der Waals surface area contributed by atoms with E-state index in [1.807, 2.05) is 12.1 Å². The van der Waals surface area contributed by atoms with Crippen LogP contribution in [-0.4, -0.2) is 38.3 Å². The third-order valence-corrected chi connectivity index (χ3v) is 4.86. The molecular formula is C17H24ClFN2O2. The van der Waals surface area contributed by atoms with E-state index < -0.39 is 0 Å². The fourth-order valence-electron chi connectivity index (χ4n) is 3.54. The molecule has 128 valence electrons. The van der Waals surface area contributed by atoms with Gasteiger partial charge in [-0.25, -0.2) is 4.39 Å². The summed E-state index contributed by atoms with van der Waals surface area (Å²) in [6, 6.07) is 6.46. The summed E-state index contributed by atoms with van der Waals surface area (Å²) in [5, 5.41) is 6.24. The first kappa shape index (κ1) is 18.2. The fraction of sp³-hybridized carbons (Fsp3) is 0.588. The van der Waals surface area contributed by atoms with Crippen LogP contribution in [0.4, 0.5) is 4.39 Å². The normalized spacial score (nSPS) is 23.1. The van der Waals surface area contributed by atoms with Crippen molar-refractivity contribution in [1.82, 2.24) is 10.6 Å². The van der Waals surface area contributed by atoms with Crippen molar-refractivity contribution in [3.63, 3.8) is 0 Å². The van der Waals surface area contributed by atoms with Crippen molar-refractivity contribution in [2.45, 2.75) is 37.1 Å². The van der Waals surface area contributed by atoms with Gasteiger partial charge < -0.3 is 15.4 Å². The quantitative estimate of drug-likeness (QED) is 0.881. The van der Waals surface area contributed by atoms with Crippen molar-refractivity contribution in [3.05, 3.63) is 35.6 Å². The second-order valence-electron chi connectivity index (χ2n) is 6.29. The van der Waals surface area contributed by atoms with Crippen LogP contribution in [0.2, 0.25) is 0 Å². The summed E-state index contributed by atoms with van der Waals surface area (Å²) in [6.45, 7) is 2.40. The van der Waals surface area contributed by atoms with Crippen molar-refractivity contribution >= 4 is 18.3 Å². The molecule has 0 radical (unpaired) electrons. The van der Waals surface area contributed by atoms with E-state index in [0.717, 1.165) is 31.2 Å². The van der Waals surface area contributed by atoms with Gasteiger partial charge in [0.2, 0.25) is 5.91 Å². The SMILES string of the molecule is Cl.O=C(NCC1(c2ccc(F)cc2)CCCC1)C1COCCN1. The Morgan fingerprint density at radius 1 is 1.30 bits per heavy atom. The molecule has 4 nitrogen and oxygen atoms in total. The minimum atomic E-state index is -0.263. The summed E-state index contributed by atoms with van der Waals surface area (Å²) >= 11 is 0. The summed E-state index contributed by atoms with van der Waals surface area (Å²) in [5.41, 5.74) is 1.07. The maximum atomic E-state index is 13.2. The largest absolute Gasteiger partial charge is 0.378 e. The minimum Gasteiger partial charge on any atom is -0.378 e. The molecule has 1 aromatic rings. The minimum absolute atomic E-state index is 0. The van der Waals surface area contributed by atoms with Crippen LogP contribution in [0.1, 0.15) is 31.2 Å². The molecule has 2 fully saturated rings. The van der Waals surface area contributed by atoms with Gasteiger partial charge in [0.05, 0.1) is 13.2 Å². The van der Waals surface area contributed by atoms with Crippen molar-refractivity contribution in [2.75, 3.05) is 26.3 Å². The molecule has 0 aromatic heterocycles. The monoisotopic (exact) mass is 342 g/mol. The Morgan fingerprint density at radius 3 is 2.61 bits per heavy atom. The van der Waals surface area contributed by atoms with Crippen molar-refractivity contribution < 1.29 is 13.9 Å². The highest BCUT2D eigenvalue weighted by Crippen LogP contribution is 2.40. The van der Waals surface area contributed by atoms with E-state index in [1.165, 1.54) is 12.1 Å². The Kier molecular flexibility index (Phi) is 6.39. The Hall–Kier alpha value is -1.17. The zero-order valence-electron chi connectivity index (χ0n) is 13.1. The fourth-order valence-corrected chi connectivity index (χ4v) is 3.54. The molecule has 1 saturated heterocycles. The number of carbonyl (C=O) groups is 1. The van der Waals surface area contributed by atoms with Gasteiger partial charge in [0.25, 0.3) is 0 Å². The number of rotatable bonds is 4. The zero-order chi connectivity index (χ0) is 15.4. The lowest BCUT2D eigenvalue weighted by molar-refractivity contribution is -0.126. The number of carbonyl (C=O) groups excluding carboxylic acids is 1. The van der Waals surface area contributed by atoms with Crippen LogP contribution >= 0.6 is 12.4 Å². The van der Waals surface area contributed by atoms with Gasteiger partial charge in [-0.3, -0.25) is 4.79 Å². The van der Waals surface area contributed by atoms with Crippen LogP contribution < -0.4 is 10.6 Å². The molecule has 0 bridgehead atoms. The summed E-state index contributed by atoms with van der Waals surface area (Å²) in [4.78, 5) is 12.3. The van der Waals surface area contributed by atoms with Crippen molar-refractivity contribution in [1.29, 1.82) is 0 Å². The topological polar surface area (TPSA) is 50.4 Å². The van der Waals surface area contributed by atoms with Crippen LogP contribution in [0.5, 0.6) is 0 Å². The van der Waals surface area contributed by atoms with E-state index in [0.29, 0.717) is 26.3 Å². The highest BCUT2D eigenvalue weighted by Gasteiger charge is 2.36. The molecule has 1 aliphatic heterocycles. The molecular weight excluding hydrogens is 319 g/mol. The first-order valence-electron chi connectivity index (χ1n) is 8.05. The highest BCUT2D eigenvalue weighted by molar-refractivity contribution is 5.85. The third-order valence-electron chi connectivity index (χ3n) is 4.86. The van der Waals surface area contributed by atoms with E-state index in [4.69, 9.17) is 4.74 Å². The van der Waals surface area contributed by atoms with Gasteiger partial charge >= 0.3 is 0 Å². The third kappa shape index (κ3) is 4.22. The van der Waals surface area contributed by atoms with E-state index in [9.17, 15) is 9.18 Å². The predicted octanol–water partition coefficient (Wildman–Crippen LogP) is 2.16. The van der Waals surface area contributed by atoms with Gasteiger partial charge in [0.15, 0.2) is 0 Å². The number of hydrogen-bond donors (Lipinski definition) is 2. The summed E-state index contributed by atoms with van der Waals surface area (Å²) < 4.78 is 18.5. The molecule has 23 heavy (non-hydrogen) atoms. The number of benzene rings is 1. The lowest BCUT2D eigenvalue weighted by atomic mass is 9.78. The van der Waals surface area contributed by atoms with Gasteiger partial charge in [-0.1, -0.05) is 25.0 Å². The lowest BCUT2D eigenvalue weighted by Gasteiger charge is -2.31. The Labute approximate surface area is 142 Å². The summed E-state index contributed by atoms with van der Waals surface area (Å²) in [6.07, 6.45) is 4.37. The molecule has 1 unspecified atom stereocenters. The van der Waals surface area contributed by atoms with E-state index in [-0.39, 0.29) is 35.6 Å². The molecule has 3 rings (SSSR count). The zero-order valence-corrected chi connectivity index (χ0v) is 14.0. The maximum absolute atomic E-state index is 13.2. The standard InChI is InChI=1S/C17H23FN2O2.ClH/c18-14-5-3-13(4-6-14)17(7-1-2-8-17)12-20-16(21)15-11-22-10-9-19-15;/h3-6,15,19H,1-2,7-12H2,(H,20,21);1H. The van der Waals surface area contributed by atoms with Crippen molar-refractivity contribution in [3.8, 4) is 0 Å². The van der Waals surface area contributed by atoms with E-state index in [1.54, 1.807) is 0 Å². The average molecular weight is 343 g/mol. The summed E-state index contributed by atoms with van der Waals surface area (Å²) in [5.74, 6) is -0.224. The average Bonchev–Trinajstić information content (AvgIpc) is 3.04. The van der Waals surface area contributed by atoms with Crippen LogP contribution in [0, 0.1) is 5.82 Å². The molecule has 0 spiro atoms. The number of hydrogen-bond acceptors (Lipinski definition) is 3. The molecule has 2 aliphatic rings. The Balaban J connectivity index is 0.00000192. The van der Waals surface area contributed by atoms with Gasteiger partial charge in [-0.15, -0.1) is 12.4 Å². The van der Waals surface area contributed by atoms with E-state index in [2.05, 4.69) is 10.6 Å². The smallest absolute Gasteiger partial charge is 0.239 e. The first-order chi connectivity index (χ1) is 10.7. The van der Waals surface area contributed by atoms with E-state index >= 15 is 0 Å². The van der Waals surface area contributed by atoms with Gasteiger partial charge in [-0.2, -0.15) is 0 Å². The van der Waals surface area contributed by atoms with Gasteiger partial charge in [0.1, 0.15) is 11.9 Å². The number of amides is 1. The molecule has 1 atom stereocenters. The summed E-state index contributed by atoms with van der Waals surface area (Å²) in [7, 11) is 0. The Bertz CT molecular complexity index is 512. The number of ether oxygens (including phenoxy) is 1. The molecule has 1 heterocycles.